The van der Waals surface area contributed by atoms with Crippen LogP contribution in [0.4, 0.5) is 11.4 Å². The van der Waals surface area contributed by atoms with Gasteiger partial charge in [-0.3, -0.25) is 9.10 Å². The third-order valence-electron chi connectivity index (χ3n) is 5.33. The van der Waals surface area contributed by atoms with Crippen LogP contribution >= 0.6 is 11.6 Å². The van der Waals surface area contributed by atoms with Crippen molar-refractivity contribution in [2.45, 2.75) is 0 Å². The van der Waals surface area contributed by atoms with Crippen molar-refractivity contribution < 1.29 is 17.9 Å². The van der Waals surface area contributed by atoms with E-state index >= 15 is 0 Å². The quantitative estimate of drug-likeness (QED) is 0.452. The van der Waals surface area contributed by atoms with E-state index in [2.05, 4.69) is 15.3 Å². The summed E-state index contributed by atoms with van der Waals surface area (Å²) in [4.78, 5) is 20.5. The Hall–Kier alpha value is -3.40. The summed E-state index contributed by atoms with van der Waals surface area (Å²) in [5, 5.41) is 3.38. The van der Waals surface area contributed by atoms with Gasteiger partial charge in [-0.1, -0.05) is 11.6 Å². The van der Waals surface area contributed by atoms with Crippen molar-refractivity contribution in [1.29, 1.82) is 0 Å². The molecule has 5 rings (SSSR count). The fraction of sp³-hybridized carbons (Fsp3) is 0.130. The maximum Gasteiger partial charge on any atom is 0.259 e. The SMILES string of the molecule is O=C(Nc1ccc(Cl)c(-c2ccc3[nH]ccc3n2)c1)c1ccc(N2CCOCS2(=O)=O)cc1. The lowest BCUT2D eigenvalue weighted by atomic mass is 10.1. The van der Waals surface area contributed by atoms with Crippen molar-refractivity contribution in [3.05, 3.63) is 77.4 Å². The first-order valence-corrected chi connectivity index (χ1v) is 12.1. The summed E-state index contributed by atoms with van der Waals surface area (Å²) in [6, 6.07) is 17.3. The molecule has 33 heavy (non-hydrogen) atoms. The molecule has 0 radical (unpaired) electrons. The van der Waals surface area contributed by atoms with E-state index in [1.807, 2.05) is 24.4 Å². The molecule has 1 saturated heterocycles. The van der Waals surface area contributed by atoms with Crippen molar-refractivity contribution in [3.63, 3.8) is 0 Å². The number of rotatable bonds is 4. The Kier molecular flexibility index (Phi) is 5.53. The lowest BCUT2D eigenvalue weighted by Crippen LogP contribution is -2.41. The second-order valence-electron chi connectivity index (χ2n) is 7.51. The third kappa shape index (κ3) is 4.30. The van der Waals surface area contributed by atoms with Crippen molar-refractivity contribution in [3.8, 4) is 11.3 Å². The number of hydrogen-bond acceptors (Lipinski definition) is 5. The van der Waals surface area contributed by atoms with Crippen LogP contribution in [0.2, 0.25) is 5.02 Å². The van der Waals surface area contributed by atoms with Crippen LogP contribution < -0.4 is 9.62 Å². The van der Waals surface area contributed by atoms with Gasteiger partial charge in [-0.15, -0.1) is 0 Å². The molecule has 0 saturated carbocycles. The summed E-state index contributed by atoms with van der Waals surface area (Å²) in [6.45, 7) is 0.566. The predicted molar refractivity (Wildman–Crippen MR) is 128 cm³/mol. The summed E-state index contributed by atoms with van der Waals surface area (Å²) in [6.07, 6.45) is 1.82. The number of anilines is 2. The maximum absolute atomic E-state index is 12.8. The Morgan fingerprint density at radius 1 is 1.09 bits per heavy atom. The predicted octanol–water partition coefficient (Wildman–Crippen LogP) is 4.26. The number of nitrogens with zero attached hydrogens (tertiary/aromatic N) is 2. The zero-order valence-electron chi connectivity index (χ0n) is 17.3. The second-order valence-corrected chi connectivity index (χ2v) is 9.76. The number of fused-ring (bicyclic) bond motifs is 1. The Morgan fingerprint density at radius 2 is 1.91 bits per heavy atom. The number of ether oxygens (including phenoxy) is 1. The molecule has 168 valence electrons. The number of carbonyl (C=O) groups is 1. The number of amides is 1. The molecular weight excluding hydrogens is 464 g/mol. The number of nitrogens with one attached hydrogen (secondary N) is 2. The minimum atomic E-state index is -3.51. The summed E-state index contributed by atoms with van der Waals surface area (Å²) in [7, 11) is -3.51. The summed E-state index contributed by atoms with van der Waals surface area (Å²) >= 11 is 6.40. The number of H-pyrrole nitrogens is 1. The van der Waals surface area contributed by atoms with Gasteiger partial charge in [0.25, 0.3) is 15.9 Å². The molecule has 1 aliphatic rings. The van der Waals surface area contributed by atoms with E-state index in [1.165, 1.54) is 4.31 Å². The van der Waals surface area contributed by atoms with Gasteiger partial charge in [0, 0.05) is 23.0 Å². The van der Waals surface area contributed by atoms with Crippen LogP contribution in [0.3, 0.4) is 0 Å². The minimum Gasteiger partial charge on any atom is -0.362 e. The molecule has 1 aliphatic heterocycles. The number of aromatic amines is 1. The first-order valence-electron chi connectivity index (χ1n) is 10.1. The average Bonchev–Trinajstić information content (AvgIpc) is 3.28. The number of hydrogen-bond donors (Lipinski definition) is 2. The van der Waals surface area contributed by atoms with Crippen LogP contribution in [-0.2, 0) is 14.8 Å². The maximum atomic E-state index is 12.8. The van der Waals surface area contributed by atoms with Gasteiger partial charge in [-0.2, -0.15) is 0 Å². The van der Waals surface area contributed by atoms with Crippen molar-refractivity contribution in [2.75, 3.05) is 28.7 Å². The van der Waals surface area contributed by atoms with E-state index < -0.39 is 10.0 Å². The van der Waals surface area contributed by atoms with E-state index in [1.54, 1.807) is 42.5 Å². The van der Waals surface area contributed by atoms with E-state index in [9.17, 15) is 13.2 Å². The molecule has 3 heterocycles. The van der Waals surface area contributed by atoms with Crippen LogP contribution in [0.1, 0.15) is 10.4 Å². The number of pyridine rings is 1. The molecule has 0 aliphatic carbocycles. The van der Waals surface area contributed by atoms with Gasteiger partial charge < -0.3 is 15.0 Å². The number of halogens is 1. The number of sulfonamides is 1. The smallest absolute Gasteiger partial charge is 0.259 e. The third-order valence-corrected chi connectivity index (χ3v) is 7.19. The standard InChI is InChI=1S/C23H19ClN4O4S/c24-19-6-3-16(13-18(19)20-7-8-21-22(27-20)9-10-25-21)26-23(29)15-1-4-17(5-2-15)28-11-12-32-14-33(28,30)31/h1-10,13,25H,11-12,14H2,(H,26,29). The topological polar surface area (TPSA) is 104 Å². The van der Waals surface area contributed by atoms with Gasteiger partial charge in [0.05, 0.1) is 40.6 Å². The Balaban J connectivity index is 1.36. The molecule has 0 unspecified atom stereocenters. The first kappa shape index (κ1) is 21.4. The number of carbonyl (C=O) groups excluding carboxylic acids is 1. The van der Waals surface area contributed by atoms with Crippen LogP contribution in [-0.4, -0.2) is 43.4 Å². The fourth-order valence-electron chi connectivity index (χ4n) is 3.67. The van der Waals surface area contributed by atoms with Crippen LogP contribution in [0.25, 0.3) is 22.3 Å². The summed E-state index contributed by atoms with van der Waals surface area (Å²) < 4.78 is 30.7. The first-order chi connectivity index (χ1) is 15.9. The van der Waals surface area contributed by atoms with Gasteiger partial charge in [0.15, 0.2) is 5.94 Å². The monoisotopic (exact) mass is 482 g/mol. The molecule has 8 nitrogen and oxygen atoms in total. The highest BCUT2D eigenvalue weighted by Gasteiger charge is 2.26. The molecule has 1 fully saturated rings. The highest BCUT2D eigenvalue weighted by Crippen LogP contribution is 2.31. The Bertz CT molecular complexity index is 1450. The van der Waals surface area contributed by atoms with Gasteiger partial charge in [-0.25, -0.2) is 13.4 Å². The Morgan fingerprint density at radius 3 is 2.70 bits per heavy atom. The van der Waals surface area contributed by atoms with E-state index in [-0.39, 0.29) is 18.4 Å². The molecule has 0 bridgehead atoms. The lowest BCUT2D eigenvalue weighted by Gasteiger charge is -2.28. The van der Waals surface area contributed by atoms with E-state index in [0.29, 0.717) is 39.8 Å². The van der Waals surface area contributed by atoms with Crippen LogP contribution in [0.5, 0.6) is 0 Å². The molecule has 4 aromatic rings. The van der Waals surface area contributed by atoms with Crippen molar-refractivity contribution in [1.82, 2.24) is 9.97 Å². The molecular formula is C23H19ClN4O4S. The Labute approximate surface area is 195 Å². The zero-order chi connectivity index (χ0) is 23.0. The molecule has 2 N–H and O–H groups in total. The molecule has 0 spiro atoms. The van der Waals surface area contributed by atoms with Crippen LogP contribution in [0, 0.1) is 0 Å². The van der Waals surface area contributed by atoms with Gasteiger partial charge >= 0.3 is 0 Å². The zero-order valence-corrected chi connectivity index (χ0v) is 18.9. The van der Waals surface area contributed by atoms with Crippen LogP contribution in [0.15, 0.2) is 66.9 Å². The fourth-order valence-corrected chi connectivity index (χ4v) is 5.14. The molecule has 2 aromatic carbocycles. The number of aromatic nitrogens is 2. The second kappa shape index (κ2) is 8.51. The highest BCUT2D eigenvalue weighted by molar-refractivity contribution is 7.92. The van der Waals surface area contributed by atoms with Gasteiger partial charge in [0.1, 0.15) is 0 Å². The number of benzene rings is 2. The average molecular weight is 483 g/mol. The van der Waals surface area contributed by atoms with Crippen molar-refractivity contribution >= 4 is 49.9 Å². The normalized spacial score (nSPS) is 15.5. The largest absolute Gasteiger partial charge is 0.362 e. The molecule has 0 atom stereocenters. The minimum absolute atomic E-state index is 0.240. The lowest BCUT2D eigenvalue weighted by molar-refractivity contribution is 0.102. The molecule has 1 amide bonds. The van der Waals surface area contributed by atoms with Crippen molar-refractivity contribution in [2.24, 2.45) is 0 Å². The van der Waals surface area contributed by atoms with E-state index in [4.69, 9.17) is 16.3 Å². The summed E-state index contributed by atoms with van der Waals surface area (Å²) in [5.41, 5.74) is 4.59. The summed E-state index contributed by atoms with van der Waals surface area (Å²) in [5.74, 6) is -0.672. The van der Waals surface area contributed by atoms with Gasteiger partial charge in [0.2, 0.25) is 0 Å². The molecule has 10 heteroatoms. The van der Waals surface area contributed by atoms with E-state index in [0.717, 1.165) is 11.0 Å². The van der Waals surface area contributed by atoms with Gasteiger partial charge in [-0.05, 0) is 60.7 Å². The molecule has 2 aromatic heterocycles. The highest BCUT2D eigenvalue weighted by atomic mass is 35.5.